The lowest BCUT2D eigenvalue weighted by atomic mass is 9.98. The minimum Gasteiger partial charge on any atom is -0.479 e. The zero-order chi connectivity index (χ0) is 54.7. The molecule has 0 amide bonds. The number of carbonyl (C=O) groups is 4. The van der Waals surface area contributed by atoms with Crippen LogP contribution in [0.2, 0.25) is 0 Å². The normalized spacial score (nSPS) is 18.8. The molecule has 0 aliphatic carbocycles. The van der Waals surface area contributed by atoms with Crippen LogP contribution in [0.5, 0.6) is 0 Å². The predicted octanol–water partition coefficient (Wildman–Crippen LogP) is 15.1. The summed E-state index contributed by atoms with van der Waals surface area (Å²) in [5.41, 5.74) is 0. The molecule has 1 aliphatic heterocycles. The van der Waals surface area contributed by atoms with Crippen molar-refractivity contribution in [3.63, 3.8) is 0 Å². The predicted molar refractivity (Wildman–Crippen MR) is 303 cm³/mol. The van der Waals surface area contributed by atoms with Gasteiger partial charge in [-0.2, -0.15) is 0 Å². The highest BCUT2D eigenvalue weighted by Crippen LogP contribution is 2.26. The Bertz CT molecular complexity index is 1630. The van der Waals surface area contributed by atoms with Gasteiger partial charge in [-0.05, 0) is 116 Å². The molecule has 6 unspecified atom stereocenters. The van der Waals surface area contributed by atoms with Gasteiger partial charge in [-0.25, -0.2) is 4.79 Å². The second-order valence-electron chi connectivity index (χ2n) is 19.9. The van der Waals surface area contributed by atoms with Crippen molar-refractivity contribution in [1.82, 2.24) is 0 Å². The fourth-order valence-electron chi connectivity index (χ4n) is 8.38. The Morgan fingerprint density at radius 2 is 0.840 bits per heavy atom. The van der Waals surface area contributed by atoms with Gasteiger partial charge in [-0.3, -0.25) is 14.4 Å². The Labute approximate surface area is 454 Å². The third kappa shape index (κ3) is 40.8. The number of hydrogen-bond donors (Lipinski definition) is 3. The molecule has 0 aromatic heterocycles. The molecule has 1 rings (SSSR count). The minimum absolute atomic E-state index is 0.0420. The average Bonchev–Trinajstić information content (AvgIpc) is 3.39. The lowest BCUT2D eigenvalue weighted by Gasteiger charge is -2.40. The maximum absolute atomic E-state index is 13.1. The molecule has 0 radical (unpaired) electrons. The third-order valence-electron chi connectivity index (χ3n) is 12.9. The van der Waals surface area contributed by atoms with Crippen LogP contribution >= 0.6 is 0 Å². The summed E-state index contributed by atoms with van der Waals surface area (Å²) in [7, 11) is 0. The molecular weight excluding hydrogens is 949 g/mol. The zero-order valence-corrected chi connectivity index (χ0v) is 47.0. The highest BCUT2D eigenvalue weighted by Gasteiger charge is 2.50. The van der Waals surface area contributed by atoms with E-state index in [9.17, 15) is 34.5 Å². The van der Waals surface area contributed by atoms with Gasteiger partial charge in [0.2, 0.25) is 0 Å². The number of aliphatic carboxylic acids is 1. The highest BCUT2D eigenvalue weighted by atomic mass is 16.7. The van der Waals surface area contributed by atoms with Crippen molar-refractivity contribution in [2.24, 2.45) is 0 Å². The second-order valence-corrected chi connectivity index (χ2v) is 19.9. The van der Waals surface area contributed by atoms with Crippen LogP contribution in [0.3, 0.4) is 0 Å². The first-order valence-electron chi connectivity index (χ1n) is 29.6. The van der Waals surface area contributed by atoms with E-state index in [4.69, 9.17) is 23.7 Å². The fraction of sp³-hybridized carbons (Fsp3) is 0.714. The summed E-state index contributed by atoms with van der Waals surface area (Å²) >= 11 is 0. The van der Waals surface area contributed by atoms with Crippen LogP contribution in [0.25, 0.3) is 0 Å². The van der Waals surface area contributed by atoms with E-state index < -0.39 is 67.3 Å². The molecule has 6 atom stereocenters. The molecule has 428 valence electrons. The van der Waals surface area contributed by atoms with Crippen molar-refractivity contribution < 1.29 is 58.2 Å². The molecule has 0 aromatic rings. The Morgan fingerprint density at radius 3 is 1.35 bits per heavy atom. The molecule has 12 heteroatoms. The van der Waals surface area contributed by atoms with Gasteiger partial charge in [-0.1, -0.05) is 189 Å². The first-order chi connectivity index (χ1) is 36.6. The van der Waals surface area contributed by atoms with E-state index in [0.717, 1.165) is 122 Å². The molecule has 3 N–H and O–H groups in total. The third-order valence-corrected chi connectivity index (χ3v) is 12.9. The Kier molecular flexibility index (Phi) is 46.6. The van der Waals surface area contributed by atoms with Crippen molar-refractivity contribution in [1.29, 1.82) is 0 Å². The van der Waals surface area contributed by atoms with Crippen molar-refractivity contribution in [2.75, 3.05) is 13.2 Å². The Balaban J connectivity index is 2.74. The van der Waals surface area contributed by atoms with Gasteiger partial charge in [0.25, 0.3) is 0 Å². The monoisotopic (exact) mass is 1050 g/mol. The first kappa shape index (κ1) is 68.9. The van der Waals surface area contributed by atoms with E-state index in [0.29, 0.717) is 19.3 Å². The summed E-state index contributed by atoms with van der Waals surface area (Å²) in [5, 5.41) is 31.5. The van der Waals surface area contributed by atoms with Gasteiger partial charge < -0.3 is 39.0 Å². The van der Waals surface area contributed by atoms with Crippen molar-refractivity contribution in [3.8, 4) is 0 Å². The maximum atomic E-state index is 13.1. The molecule has 0 spiro atoms. The molecule has 0 aromatic carbocycles. The van der Waals surface area contributed by atoms with Crippen molar-refractivity contribution in [2.45, 2.75) is 276 Å². The number of aliphatic hydroxyl groups is 2. The highest BCUT2D eigenvalue weighted by molar-refractivity contribution is 5.74. The number of hydrogen-bond acceptors (Lipinski definition) is 11. The van der Waals surface area contributed by atoms with E-state index in [1.807, 2.05) is 0 Å². The van der Waals surface area contributed by atoms with E-state index >= 15 is 0 Å². The fourth-order valence-corrected chi connectivity index (χ4v) is 8.38. The SMILES string of the molecule is CC/C=C\C/C=C\C/C=C\C/C=C\CCCCC(=O)OCC(COC1OC(C(=O)O)C(O)C(O)C1OC(=O)CCCCCCC/C=C\CCCCCCCC)OC(=O)CCCCCCC/C=C\C/C=C\CCCCC. The summed E-state index contributed by atoms with van der Waals surface area (Å²) < 4.78 is 28.4. The first-order valence-corrected chi connectivity index (χ1v) is 29.6. The van der Waals surface area contributed by atoms with Crippen LogP contribution in [-0.4, -0.2) is 89.2 Å². The second kappa shape index (κ2) is 50.7. The van der Waals surface area contributed by atoms with Gasteiger partial charge in [-0.15, -0.1) is 0 Å². The minimum atomic E-state index is -1.92. The molecule has 1 aliphatic rings. The number of aliphatic hydroxyl groups excluding tert-OH is 2. The smallest absolute Gasteiger partial charge is 0.335 e. The van der Waals surface area contributed by atoms with E-state index in [1.165, 1.54) is 57.8 Å². The van der Waals surface area contributed by atoms with Crippen LogP contribution < -0.4 is 0 Å². The molecule has 1 saturated heterocycles. The van der Waals surface area contributed by atoms with Crippen molar-refractivity contribution in [3.05, 3.63) is 85.1 Å². The topological polar surface area (TPSA) is 175 Å². The standard InChI is InChI=1S/C63H104O12/c1-4-7-10-13-16-19-22-25-28-31-34-37-40-43-46-49-55(64)71-52-54(73-56(65)50-47-44-41-38-35-32-29-26-23-20-17-14-11-8-5-2)53-72-63-61(59(68)58(67)60(75-63)62(69)70)74-57(66)51-48-45-42-39-36-33-30-27-24-21-18-15-12-9-6-3/h7,10,16-17,19-20,25-30,34,37,54,58-61,63,67-68H,4-6,8-9,11-15,18,21-24,31-33,35-36,38-53H2,1-3H3,(H,69,70)/b10-7-,19-16-,20-17-,28-25-,29-26-,30-27-,37-34-. The largest absolute Gasteiger partial charge is 0.479 e. The van der Waals surface area contributed by atoms with Crippen LogP contribution in [0.4, 0.5) is 0 Å². The number of ether oxygens (including phenoxy) is 5. The number of carbonyl (C=O) groups excluding carboxylic acids is 3. The van der Waals surface area contributed by atoms with Gasteiger partial charge >= 0.3 is 23.9 Å². The Morgan fingerprint density at radius 1 is 0.453 bits per heavy atom. The number of rotatable bonds is 49. The summed E-state index contributed by atoms with van der Waals surface area (Å²) in [5.74, 6) is -3.21. The number of unbranched alkanes of at least 4 members (excludes halogenated alkanes) is 21. The lowest BCUT2D eigenvalue weighted by molar-refractivity contribution is -0.301. The van der Waals surface area contributed by atoms with E-state index in [-0.39, 0.29) is 25.9 Å². The number of carboxylic acid groups (broad SMARTS) is 1. The van der Waals surface area contributed by atoms with Crippen LogP contribution in [-0.2, 0) is 42.9 Å². The zero-order valence-electron chi connectivity index (χ0n) is 47.0. The van der Waals surface area contributed by atoms with Gasteiger partial charge in [0.15, 0.2) is 24.6 Å². The van der Waals surface area contributed by atoms with Gasteiger partial charge in [0, 0.05) is 19.3 Å². The van der Waals surface area contributed by atoms with Crippen LogP contribution in [0.1, 0.15) is 239 Å². The summed E-state index contributed by atoms with van der Waals surface area (Å²) in [6.45, 7) is 5.79. The van der Waals surface area contributed by atoms with Gasteiger partial charge in [0.1, 0.15) is 18.8 Å². The van der Waals surface area contributed by atoms with Gasteiger partial charge in [0.05, 0.1) is 6.61 Å². The molecule has 1 heterocycles. The van der Waals surface area contributed by atoms with E-state index in [2.05, 4.69) is 106 Å². The quantitative estimate of drug-likeness (QED) is 0.0228. The molecule has 75 heavy (non-hydrogen) atoms. The molecule has 0 saturated carbocycles. The molecule has 0 bridgehead atoms. The summed E-state index contributed by atoms with van der Waals surface area (Å²) in [6.07, 6.45) is 52.6. The van der Waals surface area contributed by atoms with E-state index in [1.54, 1.807) is 0 Å². The van der Waals surface area contributed by atoms with Crippen LogP contribution in [0.15, 0.2) is 85.1 Å². The average molecular weight is 1050 g/mol. The maximum Gasteiger partial charge on any atom is 0.335 e. The lowest BCUT2D eigenvalue weighted by Crippen LogP contribution is -2.61. The molecule has 12 nitrogen and oxygen atoms in total. The molecular formula is C63H104O12. The number of allylic oxidation sites excluding steroid dienone is 14. The van der Waals surface area contributed by atoms with Crippen molar-refractivity contribution >= 4 is 23.9 Å². The molecule has 1 fully saturated rings. The summed E-state index contributed by atoms with van der Waals surface area (Å²) in [6, 6.07) is 0. The van der Waals surface area contributed by atoms with Crippen LogP contribution in [0, 0.1) is 0 Å². The Hall–Kier alpha value is -4.10. The number of esters is 3. The number of carboxylic acids is 1. The summed E-state index contributed by atoms with van der Waals surface area (Å²) in [4.78, 5) is 51.1.